The van der Waals surface area contributed by atoms with Crippen molar-refractivity contribution in [1.82, 2.24) is 4.90 Å². The van der Waals surface area contributed by atoms with E-state index in [9.17, 15) is 14.4 Å². The van der Waals surface area contributed by atoms with Crippen LogP contribution in [-0.2, 0) is 24.8 Å². The third kappa shape index (κ3) is 6.22. The number of carbonyl (C=O) groups excluding carboxylic acids is 3. The van der Waals surface area contributed by atoms with E-state index in [1.807, 2.05) is 83.8 Å². The largest absolute Gasteiger partial charge is 0.464 e. The zero-order valence-electron chi connectivity index (χ0n) is 27.1. The summed E-state index contributed by atoms with van der Waals surface area (Å²) in [5.74, 6) is 0.702. The molecule has 1 unspecified atom stereocenters. The van der Waals surface area contributed by atoms with Gasteiger partial charge in [0.2, 0.25) is 17.5 Å². The average molecular weight is 694 g/mol. The van der Waals surface area contributed by atoms with Gasteiger partial charge in [0.1, 0.15) is 18.8 Å². The van der Waals surface area contributed by atoms with Crippen LogP contribution in [0.2, 0.25) is 10.0 Å². The summed E-state index contributed by atoms with van der Waals surface area (Å²) in [6, 6.07) is 30.4. The maximum absolute atomic E-state index is 12.9. The SMILES string of the molecule is CC1=CC(=O)N2CC(=O)N(C)c3ccc(Cl)cc3C2(c2ccccc2)O1.O=C1CN=C(c2ccccc2)c2cc(Cl)ccc2N1CC1CC1. The molecule has 1 saturated carbocycles. The van der Waals surface area contributed by atoms with Gasteiger partial charge in [-0.3, -0.25) is 24.3 Å². The van der Waals surface area contributed by atoms with Gasteiger partial charge < -0.3 is 14.5 Å². The van der Waals surface area contributed by atoms with Crippen LogP contribution in [0.1, 0.15) is 42.0 Å². The molecule has 8 nitrogen and oxygen atoms in total. The van der Waals surface area contributed by atoms with Gasteiger partial charge in [0.05, 0.1) is 17.1 Å². The zero-order chi connectivity index (χ0) is 34.3. The van der Waals surface area contributed by atoms with Crippen molar-refractivity contribution in [2.45, 2.75) is 25.5 Å². The Kier molecular flexibility index (Phi) is 8.77. The van der Waals surface area contributed by atoms with Crippen LogP contribution in [0.3, 0.4) is 0 Å². The normalized spacial score (nSPS) is 20.0. The van der Waals surface area contributed by atoms with Crippen LogP contribution in [-0.4, -0.2) is 55.0 Å². The van der Waals surface area contributed by atoms with Gasteiger partial charge in [0, 0.05) is 52.0 Å². The first kappa shape index (κ1) is 32.6. The molecule has 49 heavy (non-hydrogen) atoms. The molecule has 4 aromatic rings. The number of carbonyl (C=O) groups is 3. The number of rotatable bonds is 4. The maximum Gasteiger partial charge on any atom is 0.254 e. The Bertz CT molecular complexity index is 2010. The van der Waals surface area contributed by atoms with Gasteiger partial charge in [-0.2, -0.15) is 0 Å². The summed E-state index contributed by atoms with van der Waals surface area (Å²) < 4.78 is 6.32. The van der Waals surface area contributed by atoms with Crippen molar-refractivity contribution in [3.05, 3.63) is 141 Å². The van der Waals surface area contributed by atoms with Gasteiger partial charge in [-0.05, 0) is 62.1 Å². The van der Waals surface area contributed by atoms with Crippen LogP contribution >= 0.6 is 23.2 Å². The minimum atomic E-state index is -1.25. The van der Waals surface area contributed by atoms with Crippen LogP contribution in [0.15, 0.2) is 114 Å². The Morgan fingerprint density at radius 3 is 2.18 bits per heavy atom. The molecule has 0 bridgehead atoms. The molecule has 4 aliphatic rings. The first-order valence-corrected chi connectivity index (χ1v) is 16.9. The highest BCUT2D eigenvalue weighted by molar-refractivity contribution is 6.32. The van der Waals surface area contributed by atoms with Crippen molar-refractivity contribution in [1.29, 1.82) is 0 Å². The number of benzodiazepines with no additional fused rings is 1. The highest BCUT2D eigenvalue weighted by Gasteiger charge is 2.52. The fourth-order valence-electron chi connectivity index (χ4n) is 6.58. The van der Waals surface area contributed by atoms with Crippen molar-refractivity contribution < 1.29 is 19.1 Å². The van der Waals surface area contributed by atoms with Crippen molar-refractivity contribution >= 4 is 58.0 Å². The molecule has 4 aromatic carbocycles. The van der Waals surface area contributed by atoms with Gasteiger partial charge >= 0.3 is 0 Å². The van der Waals surface area contributed by atoms with Crippen LogP contribution < -0.4 is 9.80 Å². The molecular formula is C39H34Cl2N4O4. The molecule has 0 N–H and O–H groups in total. The smallest absolute Gasteiger partial charge is 0.254 e. The lowest BCUT2D eigenvalue weighted by Gasteiger charge is -2.45. The van der Waals surface area contributed by atoms with Crippen molar-refractivity contribution in [3.8, 4) is 0 Å². The van der Waals surface area contributed by atoms with E-state index < -0.39 is 5.72 Å². The number of benzene rings is 4. The van der Waals surface area contributed by atoms with Gasteiger partial charge in [0.15, 0.2) is 0 Å². The number of nitrogens with zero attached hydrogens (tertiary/aromatic N) is 4. The van der Waals surface area contributed by atoms with Gasteiger partial charge in [-0.1, -0.05) is 83.9 Å². The van der Waals surface area contributed by atoms with Crippen molar-refractivity contribution in [2.75, 3.05) is 36.5 Å². The lowest BCUT2D eigenvalue weighted by molar-refractivity contribution is -0.161. The fourth-order valence-corrected chi connectivity index (χ4v) is 6.93. The molecule has 0 saturated heterocycles. The lowest BCUT2D eigenvalue weighted by atomic mass is 9.90. The molecule has 1 aliphatic carbocycles. The Balaban J connectivity index is 0.000000155. The summed E-state index contributed by atoms with van der Waals surface area (Å²) in [5.41, 5.74) is 4.54. The van der Waals surface area contributed by atoms with Gasteiger partial charge in [-0.15, -0.1) is 0 Å². The first-order valence-electron chi connectivity index (χ1n) is 16.2. The number of ether oxygens (including phenoxy) is 1. The van der Waals surface area contributed by atoms with Crippen molar-refractivity contribution in [2.24, 2.45) is 10.9 Å². The highest BCUT2D eigenvalue weighted by atomic mass is 35.5. The summed E-state index contributed by atoms with van der Waals surface area (Å²) in [6.45, 7) is 2.61. The third-order valence-corrected chi connectivity index (χ3v) is 9.63. The Labute approximate surface area is 295 Å². The third-order valence-electron chi connectivity index (χ3n) is 9.16. The molecule has 10 heteroatoms. The molecule has 3 amide bonds. The van der Waals surface area contributed by atoms with E-state index in [1.54, 1.807) is 37.1 Å². The number of amides is 3. The molecule has 3 aliphatic heterocycles. The van der Waals surface area contributed by atoms with E-state index in [-0.39, 0.29) is 30.8 Å². The highest BCUT2D eigenvalue weighted by Crippen LogP contribution is 2.47. The van der Waals surface area contributed by atoms with Gasteiger partial charge in [0.25, 0.3) is 5.91 Å². The van der Waals surface area contributed by atoms with E-state index in [1.165, 1.54) is 23.8 Å². The number of aliphatic imine (C=N–C) groups is 1. The Morgan fingerprint density at radius 1 is 0.837 bits per heavy atom. The first-order chi connectivity index (χ1) is 23.7. The zero-order valence-corrected chi connectivity index (χ0v) is 28.6. The van der Waals surface area contributed by atoms with Crippen molar-refractivity contribution in [3.63, 3.8) is 0 Å². The summed E-state index contributed by atoms with van der Waals surface area (Å²) >= 11 is 12.5. The number of hydrogen-bond acceptors (Lipinski definition) is 5. The molecule has 8 rings (SSSR count). The van der Waals surface area contributed by atoms with E-state index >= 15 is 0 Å². The molecule has 1 fully saturated rings. The number of fused-ring (bicyclic) bond motifs is 4. The number of hydrogen-bond donors (Lipinski definition) is 0. The number of likely N-dealkylation sites (N-methyl/N-ethyl adjacent to an activating group) is 1. The van der Waals surface area contributed by atoms with E-state index in [0.29, 0.717) is 33.0 Å². The van der Waals surface area contributed by atoms with E-state index in [2.05, 4.69) is 4.99 Å². The summed E-state index contributed by atoms with van der Waals surface area (Å²) in [7, 11) is 1.69. The number of anilines is 2. The predicted octanol–water partition coefficient (Wildman–Crippen LogP) is 7.21. The molecule has 0 radical (unpaired) electrons. The van der Waals surface area contributed by atoms with Crippen LogP contribution in [0.4, 0.5) is 11.4 Å². The number of allylic oxidation sites excluding steroid dienone is 1. The molecular weight excluding hydrogens is 659 g/mol. The molecule has 3 heterocycles. The summed E-state index contributed by atoms with van der Waals surface area (Å²) in [5, 5.41) is 1.16. The maximum atomic E-state index is 12.9. The number of halogens is 2. The van der Waals surface area contributed by atoms with Crippen LogP contribution in [0.25, 0.3) is 0 Å². The molecule has 1 atom stereocenters. The predicted molar refractivity (Wildman–Crippen MR) is 192 cm³/mol. The molecule has 248 valence electrons. The second-order valence-corrected chi connectivity index (χ2v) is 13.4. The minimum absolute atomic E-state index is 0.0615. The minimum Gasteiger partial charge on any atom is -0.464 e. The standard InChI is InChI=1S/C20H17ClN2O3.C19H17ClN2O/c1-13-10-18(24)23-12-19(25)22(2)17-9-8-15(21)11-16(17)20(23,26-13)14-6-4-3-5-7-14;20-15-8-9-17-16(10-15)19(14-4-2-1-3-5-14)21-11-18(23)22(17)12-13-6-7-13/h3-11H,12H2,1-2H3;1-5,8-10,13H,6-7,11-12H2. The van der Waals surface area contributed by atoms with Crippen LogP contribution in [0, 0.1) is 5.92 Å². The van der Waals surface area contributed by atoms with E-state index in [4.69, 9.17) is 27.9 Å². The molecule has 0 spiro atoms. The second-order valence-electron chi connectivity index (χ2n) is 12.5. The van der Waals surface area contributed by atoms with E-state index in [0.717, 1.165) is 34.6 Å². The monoisotopic (exact) mass is 692 g/mol. The quantitative estimate of drug-likeness (QED) is 0.226. The summed E-state index contributed by atoms with van der Waals surface area (Å²) in [6.07, 6.45) is 3.82. The Morgan fingerprint density at radius 2 is 1.49 bits per heavy atom. The van der Waals surface area contributed by atoms with Crippen LogP contribution in [0.5, 0.6) is 0 Å². The summed E-state index contributed by atoms with van der Waals surface area (Å²) in [4.78, 5) is 47.7. The fraction of sp³-hybridized carbons (Fsp3) is 0.231. The topological polar surface area (TPSA) is 82.5 Å². The second kappa shape index (κ2) is 13.2. The average Bonchev–Trinajstić information content (AvgIpc) is 3.95. The molecule has 0 aromatic heterocycles. The Hall–Kier alpha value is -4.92. The van der Waals surface area contributed by atoms with Gasteiger partial charge in [-0.25, -0.2) is 0 Å². The lowest BCUT2D eigenvalue weighted by Crippen LogP contribution is -2.54.